The van der Waals surface area contributed by atoms with Crippen molar-refractivity contribution in [2.45, 2.75) is 33.6 Å². The maximum absolute atomic E-state index is 12.7. The zero-order valence-corrected chi connectivity index (χ0v) is 17.1. The van der Waals surface area contributed by atoms with Crippen molar-refractivity contribution in [1.82, 2.24) is 25.1 Å². The third kappa shape index (κ3) is 4.59. The van der Waals surface area contributed by atoms with Gasteiger partial charge in [-0.25, -0.2) is 4.98 Å². The van der Waals surface area contributed by atoms with E-state index in [0.717, 1.165) is 48.9 Å². The second kappa shape index (κ2) is 8.24. The van der Waals surface area contributed by atoms with Gasteiger partial charge in [0.1, 0.15) is 5.82 Å². The Labute approximate surface area is 169 Å². The van der Waals surface area contributed by atoms with Gasteiger partial charge in [0.25, 0.3) is 0 Å². The number of aryl methyl sites for hydroxylation is 1. The second-order valence-corrected chi connectivity index (χ2v) is 8.07. The zero-order chi connectivity index (χ0) is 20.4. The van der Waals surface area contributed by atoms with Crippen LogP contribution in [0.25, 0.3) is 22.4 Å². The summed E-state index contributed by atoms with van der Waals surface area (Å²) < 4.78 is 5.47. The number of hydrogen-bond acceptors (Lipinski definition) is 7. The van der Waals surface area contributed by atoms with Crippen LogP contribution >= 0.6 is 0 Å². The van der Waals surface area contributed by atoms with Gasteiger partial charge >= 0.3 is 0 Å². The molecule has 1 fully saturated rings. The number of aromatic nitrogens is 4. The summed E-state index contributed by atoms with van der Waals surface area (Å²) in [5.41, 5.74) is 1.48. The first-order chi connectivity index (χ1) is 14.0. The summed E-state index contributed by atoms with van der Waals surface area (Å²) in [4.78, 5) is 23.9. The van der Waals surface area contributed by atoms with E-state index in [1.54, 1.807) is 19.3 Å². The van der Waals surface area contributed by atoms with Crippen molar-refractivity contribution in [2.24, 2.45) is 11.8 Å². The smallest absolute Gasteiger partial charge is 0.249 e. The Kier molecular flexibility index (Phi) is 5.53. The molecule has 1 amide bonds. The molecule has 8 heteroatoms. The molecule has 0 atom stereocenters. The Hall–Kier alpha value is -2.87. The van der Waals surface area contributed by atoms with Crippen LogP contribution in [0, 0.1) is 18.8 Å². The molecular weight excluding hydrogens is 368 g/mol. The highest BCUT2D eigenvalue weighted by Crippen LogP contribution is 2.24. The highest BCUT2D eigenvalue weighted by Gasteiger charge is 2.25. The van der Waals surface area contributed by atoms with E-state index in [2.05, 4.69) is 44.2 Å². The summed E-state index contributed by atoms with van der Waals surface area (Å²) in [6, 6.07) is 3.75. The van der Waals surface area contributed by atoms with Gasteiger partial charge in [-0.1, -0.05) is 13.8 Å². The van der Waals surface area contributed by atoms with Crippen LogP contribution in [0.1, 0.15) is 32.6 Å². The molecule has 3 aromatic heterocycles. The molecule has 0 bridgehead atoms. The van der Waals surface area contributed by atoms with E-state index in [0.29, 0.717) is 23.5 Å². The summed E-state index contributed by atoms with van der Waals surface area (Å²) in [5.74, 6) is 2.18. The fourth-order valence-electron chi connectivity index (χ4n) is 3.75. The van der Waals surface area contributed by atoms with Gasteiger partial charge in [-0.2, -0.15) is 0 Å². The number of nitrogens with one attached hydrogen (secondary N) is 1. The summed E-state index contributed by atoms with van der Waals surface area (Å²) in [6.45, 7) is 9.23. The van der Waals surface area contributed by atoms with Crippen LogP contribution < -0.4 is 5.32 Å². The van der Waals surface area contributed by atoms with Crippen LogP contribution in [-0.4, -0.2) is 50.6 Å². The molecule has 1 saturated heterocycles. The van der Waals surface area contributed by atoms with Gasteiger partial charge in [-0.3, -0.25) is 9.78 Å². The minimum atomic E-state index is 0.0294. The number of pyridine rings is 2. The molecule has 0 radical (unpaired) electrons. The van der Waals surface area contributed by atoms with E-state index in [1.165, 1.54) is 0 Å². The maximum atomic E-state index is 12.7. The van der Waals surface area contributed by atoms with E-state index < -0.39 is 0 Å². The normalized spacial score (nSPS) is 15.9. The number of likely N-dealkylation sites (tertiary alicyclic amines) is 1. The third-order valence-electron chi connectivity index (χ3n) is 5.17. The van der Waals surface area contributed by atoms with Crippen molar-refractivity contribution in [3.05, 3.63) is 30.4 Å². The van der Waals surface area contributed by atoms with E-state index in [1.807, 2.05) is 12.1 Å². The van der Waals surface area contributed by atoms with Crippen LogP contribution in [0.3, 0.4) is 0 Å². The molecule has 0 aromatic carbocycles. The Morgan fingerprint density at radius 1 is 1.21 bits per heavy atom. The number of anilines is 1. The van der Waals surface area contributed by atoms with Crippen LogP contribution in [0.2, 0.25) is 0 Å². The van der Waals surface area contributed by atoms with E-state index >= 15 is 0 Å². The SMILES string of the molecule is Cc1nnc(-c2cnc3cnc(NC(=O)C4CCN(CC(C)C)CC4)cc3c2)o1. The summed E-state index contributed by atoms with van der Waals surface area (Å²) in [5, 5.41) is 11.7. The molecule has 29 heavy (non-hydrogen) atoms. The van der Waals surface area contributed by atoms with Gasteiger partial charge in [0, 0.05) is 31.0 Å². The average molecular weight is 394 g/mol. The van der Waals surface area contributed by atoms with Gasteiger partial charge in [-0.05, 0) is 44.0 Å². The molecule has 1 aliphatic heterocycles. The topological polar surface area (TPSA) is 97.0 Å². The minimum Gasteiger partial charge on any atom is -0.421 e. The number of nitrogens with zero attached hydrogens (tertiary/aromatic N) is 5. The molecule has 0 unspecified atom stereocenters. The molecular formula is C21H26N6O2. The molecule has 0 saturated carbocycles. The van der Waals surface area contributed by atoms with Crippen LogP contribution in [-0.2, 0) is 4.79 Å². The Balaban J connectivity index is 1.44. The molecule has 0 spiro atoms. The third-order valence-corrected chi connectivity index (χ3v) is 5.17. The average Bonchev–Trinajstić information content (AvgIpc) is 3.14. The van der Waals surface area contributed by atoms with Crippen molar-refractivity contribution in [2.75, 3.05) is 25.0 Å². The van der Waals surface area contributed by atoms with Gasteiger partial charge in [-0.15, -0.1) is 10.2 Å². The number of amides is 1. The Morgan fingerprint density at radius 3 is 2.69 bits per heavy atom. The lowest BCUT2D eigenvalue weighted by Crippen LogP contribution is -2.39. The van der Waals surface area contributed by atoms with Crippen molar-refractivity contribution < 1.29 is 9.21 Å². The van der Waals surface area contributed by atoms with E-state index in [4.69, 9.17) is 4.42 Å². The first-order valence-corrected chi connectivity index (χ1v) is 10.1. The summed E-state index contributed by atoms with van der Waals surface area (Å²) >= 11 is 0. The maximum Gasteiger partial charge on any atom is 0.249 e. The predicted molar refractivity (Wildman–Crippen MR) is 110 cm³/mol. The molecule has 0 aliphatic carbocycles. The number of rotatable bonds is 5. The number of fused-ring (bicyclic) bond motifs is 1. The fraction of sp³-hybridized carbons (Fsp3) is 0.476. The van der Waals surface area contributed by atoms with Gasteiger partial charge in [0.15, 0.2) is 0 Å². The molecule has 152 valence electrons. The Morgan fingerprint density at radius 2 is 2.00 bits per heavy atom. The van der Waals surface area contributed by atoms with Gasteiger partial charge in [0.05, 0.1) is 17.3 Å². The van der Waals surface area contributed by atoms with Crippen LogP contribution in [0.15, 0.2) is 28.9 Å². The first kappa shape index (κ1) is 19.4. The largest absolute Gasteiger partial charge is 0.421 e. The molecule has 3 aromatic rings. The Bertz CT molecular complexity index is 1010. The van der Waals surface area contributed by atoms with Crippen molar-refractivity contribution >= 4 is 22.6 Å². The van der Waals surface area contributed by atoms with E-state index in [9.17, 15) is 4.79 Å². The number of hydrogen-bond donors (Lipinski definition) is 1. The van der Waals surface area contributed by atoms with E-state index in [-0.39, 0.29) is 11.8 Å². The molecule has 1 aliphatic rings. The highest BCUT2D eigenvalue weighted by atomic mass is 16.4. The van der Waals surface area contributed by atoms with Crippen LogP contribution in [0.5, 0.6) is 0 Å². The first-order valence-electron chi connectivity index (χ1n) is 10.1. The molecule has 1 N–H and O–H groups in total. The standard InChI is InChI=1S/C21H26N6O2/c1-13(2)12-27-6-4-15(5-7-27)20(28)24-19-9-16-8-17(10-22-18(16)11-23-19)21-26-25-14(3)29-21/h8-11,13,15H,4-7,12H2,1-3H3,(H,23,24,28). The molecule has 8 nitrogen and oxygen atoms in total. The summed E-state index contributed by atoms with van der Waals surface area (Å²) in [7, 11) is 0. The number of piperidine rings is 1. The van der Waals surface area contributed by atoms with Crippen LogP contribution in [0.4, 0.5) is 5.82 Å². The van der Waals surface area contributed by atoms with Gasteiger partial charge in [0.2, 0.25) is 17.7 Å². The van der Waals surface area contributed by atoms with Gasteiger partial charge < -0.3 is 14.6 Å². The lowest BCUT2D eigenvalue weighted by Gasteiger charge is -2.32. The van der Waals surface area contributed by atoms with Crippen molar-refractivity contribution in [3.63, 3.8) is 0 Å². The molecule has 4 heterocycles. The highest BCUT2D eigenvalue weighted by molar-refractivity contribution is 5.94. The summed E-state index contributed by atoms with van der Waals surface area (Å²) in [6.07, 6.45) is 5.11. The van der Waals surface area contributed by atoms with Crippen molar-refractivity contribution in [3.8, 4) is 11.5 Å². The monoisotopic (exact) mass is 394 g/mol. The quantitative estimate of drug-likeness (QED) is 0.709. The predicted octanol–water partition coefficient (Wildman–Crippen LogP) is 3.29. The molecule has 4 rings (SSSR count). The van der Waals surface area contributed by atoms with Crippen molar-refractivity contribution in [1.29, 1.82) is 0 Å². The second-order valence-electron chi connectivity index (χ2n) is 8.07. The fourth-order valence-corrected chi connectivity index (χ4v) is 3.75. The minimum absolute atomic E-state index is 0.0294. The zero-order valence-electron chi connectivity index (χ0n) is 17.1. The lowest BCUT2D eigenvalue weighted by atomic mass is 9.95. The lowest BCUT2D eigenvalue weighted by molar-refractivity contribution is -0.121. The number of carbonyl (C=O) groups is 1. The number of carbonyl (C=O) groups excluding carboxylic acids is 1.